The van der Waals surface area contributed by atoms with Crippen molar-refractivity contribution in [1.29, 1.82) is 0 Å². The summed E-state index contributed by atoms with van der Waals surface area (Å²) in [4.78, 5) is 13.4. The lowest BCUT2D eigenvalue weighted by Crippen LogP contribution is -2.34. The highest BCUT2D eigenvalue weighted by Crippen LogP contribution is 2.48. The zero-order valence-corrected chi connectivity index (χ0v) is 10.8. The molecule has 2 saturated carbocycles. The Morgan fingerprint density at radius 2 is 2.35 bits per heavy atom. The van der Waals surface area contributed by atoms with Gasteiger partial charge in [-0.2, -0.15) is 0 Å². The molecular weight excluding hydrogens is 230 g/mol. The van der Waals surface area contributed by atoms with Gasteiger partial charge >= 0.3 is 0 Å². The molecular formula is C14H19NOS. The van der Waals surface area contributed by atoms with Crippen LogP contribution in [0.3, 0.4) is 0 Å². The van der Waals surface area contributed by atoms with Gasteiger partial charge in [0.15, 0.2) is 0 Å². The first-order chi connectivity index (χ1) is 8.33. The quantitative estimate of drug-likeness (QED) is 0.873. The van der Waals surface area contributed by atoms with Crippen molar-refractivity contribution in [1.82, 2.24) is 5.32 Å². The van der Waals surface area contributed by atoms with Crippen molar-refractivity contribution in [3.63, 3.8) is 0 Å². The van der Waals surface area contributed by atoms with Crippen molar-refractivity contribution >= 4 is 17.2 Å². The molecule has 3 atom stereocenters. The Morgan fingerprint density at radius 3 is 3.00 bits per heavy atom. The number of carbonyl (C=O) groups excluding carboxylic acids is 1. The summed E-state index contributed by atoms with van der Waals surface area (Å²) in [5.74, 6) is 2.20. The minimum Gasteiger partial charge on any atom is -0.355 e. The van der Waals surface area contributed by atoms with Crippen LogP contribution in [0.15, 0.2) is 17.5 Å². The van der Waals surface area contributed by atoms with Crippen molar-refractivity contribution in [2.45, 2.75) is 32.1 Å². The highest BCUT2D eigenvalue weighted by molar-refractivity contribution is 7.09. The molecule has 2 aliphatic rings. The molecule has 3 rings (SSSR count). The second kappa shape index (κ2) is 4.81. The predicted octanol–water partition coefficient (Wildman–Crippen LogP) is 2.84. The van der Waals surface area contributed by atoms with Gasteiger partial charge in [0.2, 0.25) is 5.91 Å². The van der Waals surface area contributed by atoms with E-state index in [0.717, 1.165) is 25.3 Å². The number of nitrogens with one attached hydrogen (secondary N) is 1. The summed E-state index contributed by atoms with van der Waals surface area (Å²) in [6.07, 6.45) is 6.08. The number of amides is 1. The first kappa shape index (κ1) is 11.3. The lowest BCUT2D eigenvalue weighted by Gasteiger charge is -2.20. The standard InChI is InChI=1S/C14H19NOS/c16-14(13-9-10-3-4-11(13)8-10)15-6-5-12-2-1-7-17-12/h1-2,7,10-11,13H,3-6,8-9H2,(H,15,16). The van der Waals surface area contributed by atoms with Gasteiger partial charge in [-0.3, -0.25) is 4.79 Å². The number of rotatable bonds is 4. The average molecular weight is 249 g/mol. The third kappa shape index (κ3) is 2.39. The van der Waals surface area contributed by atoms with Gasteiger partial charge in [-0.25, -0.2) is 0 Å². The van der Waals surface area contributed by atoms with Crippen LogP contribution < -0.4 is 5.32 Å². The van der Waals surface area contributed by atoms with Crippen LogP contribution in [0.1, 0.15) is 30.6 Å². The van der Waals surface area contributed by atoms with E-state index in [9.17, 15) is 4.79 Å². The molecule has 1 N–H and O–H groups in total. The fourth-order valence-electron chi connectivity index (χ4n) is 3.46. The molecule has 1 heterocycles. The van der Waals surface area contributed by atoms with E-state index in [-0.39, 0.29) is 0 Å². The summed E-state index contributed by atoms with van der Waals surface area (Å²) >= 11 is 1.77. The summed E-state index contributed by atoms with van der Waals surface area (Å²) in [5, 5.41) is 5.21. The third-order valence-electron chi connectivity index (χ3n) is 4.33. The van der Waals surface area contributed by atoms with Crippen LogP contribution >= 0.6 is 11.3 Å². The van der Waals surface area contributed by atoms with Crippen LogP contribution in [0, 0.1) is 17.8 Å². The van der Waals surface area contributed by atoms with Gasteiger partial charge in [-0.1, -0.05) is 12.5 Å². The first-order valence-electron chi connectivity index (χ1n) is 6.63. The van der Waals surface area contributed by atoms with E-state index >= 15 is 0 Å². The lowest BCUT2D eigenvalue weighted by molar-refractivity contribution is -0.126. The molecule has 92 valence electrons. The molecule has 1 amide bonds. The fraction of sp³-hybridized carbons (Fsp3) is 0.643. The van der Waals surface area contributed by atoms with E-state index in [1.54, 1.807) is 11.3 Å². The van der Waals surface area contributed by atoms with Gasteiger partial charge in [0.05, 0.1) is 0 Å². The van der Waals surface area contributed by atoms with Gasteiger partial charge in [0.1, 0.15) is 0 Å². The van der Waals surface area contributed by atoms with Gasteiger partial charge in [-0.05, 0) is 49.0 Å². The number of hydrogen-bond donors (Lipinski definition) is 1. The molecule has 0 aliphatic heterocycles. The normalized spacial score (nSPS) is 30.7. The number of fused-ring (bicyclic) bond motifs is 2. The van der Waals surface area contributed by atoms with Gasteiger partial charge in [0, 0.05) is 17.3 Å². The smallest absolute Gasteiger partial charge is 0.223 e. The van der Waals surface area contributed by atoms with Crippen LogP contribution in [0.4, 0.5) is 0 Å². The van der Waals surface area contributed by atoms with E-state index in [0.29, 0.717) is 17.7 Å². The van der Waals surface area contributed by atoms with Crippen molar-refractivity contribution in [2.75, 3.05) is 6.54 Å². The van der Waals surface area contributed by atoms with Crippen LogP contribution in [0.2, 0.25) is 0 Å². The topological polar surface area (TPSA) is 29.1 Å². The van der Waals surface area contributed by atoms with Crippen molar-refractivity contribution in [3.05, 3.63) is 22.4 Å². The highest BCUT2D eigenvalue weighted by Gasteiger charge is 2.42. The summed E-state index contributed by atoms with van der Waals surface area (Å²) in [5.41, 5.74) is 0. The maximum Gasteiger partial charge on any atom is 0.223 e. The molecule has 3 unspecified atom stereocenters. The molecule has 2 nitrogen and oxygen atoms in total. The van der Waals surface area contributed by atoms with E-state index < -0.39 is 0 Å². The maximum absolute atomic E-state index is 12.1. The number of hydrogen-bond acceptors (Lipinski definition) is 2. The molecule has 0 radical (unpaired) electrons. The van der Waals surface area contributed by atoms with Crippen LogP contribution in [-0.4, -0.2) is 12.5 Å². The number of thiophene rings is 1. The molecule has 2 aliphatic carbocycles. The zero-order chi connectivity index (χ0) is 11.7. The summed E-state index contributed by atoms with van der Waals surface area (Å²) in [6.45, 7) is 0.799. The van der Waals surface area contributed by atoms with Crippen LogP contribution in [0.25, 0.3) is 0 Å². The fourth-order valence-corrected chi connectivity index (χ4v) is 4.17. The Labute approximate surface area is 106 Å². The Bertz CT molecular complexity index is 387. The van der Waals surface area contributed by atoms with Crippen molar-refractivity contribution < 1.29 is 4.79 Å². The molecule has 0 aromatic carbocycles. The Balaban J connectivity index is 1.45. The minimum absolute atomic E-state index is 0.314. The van der Waals surface area contributed by atoms with E-state index in [1.165, 1.54) is 24.1 Å². The van der Waals surface area contributed by atoms with Crippen molar-refractivity contribution in [3.8, 4) is 0 Å². The summed E-state index contributed by atoms with van der Waals surface area (Å²) < 4.78 is 0. The second-order valence-electron chi connectivity index (χ2n) is 5.40. The van der Waals surface area contributed by atoms with E-state index in [2.05, 4.69) is 22.8 Å². The first-order valence-corrected chi connectivity index (χ1v) is 7.51. The third-order valence-corrected chi connectivity index (χ3v) is 5.26. The van der Waals surface area contributed by atoms with Crippen LogP contribution in [0.5, 0.6) is 0 Å². The number of carbonyl (C=O) groups is 1. The van der Waals surface area contributed by atoms with Crippen LogP contribution in [-0.2, 0) is 11.2 Å². The largest absolute Gasteiger partial charge is 0.355 e. The Kier molecular flexibility index (Phi) is 3.19. The molecule has 2 bridgehead atoms. The molecule has 1 aromatic heterocycles. The van der Waals surface area contributed by atoms with Gasteiger partial charge in [-0.15, -0.1) is 11.3 Å². The lowest BCUT2D eigenvalue weighted by atomic mass is 9.88. The molecule has 17 heavy (non-hydrogen) atoms. The zero-order valence-electron chi connectivity index (χ0n) is 10.0. The van der Waals surface area contributed by atoms with Gasteiger partial charge in [0.25, 0.3) is 0 Å². The highest BCUT2D eigenvalue weighted by atomic mass is 32.1. The monoisotopic (exact) mass is 249 g/mol. The van der Waals surface area contributed by atoms with Gasteiger partial charge < -0.3 is 5.32 Å². The molecule has 3 heteroatoms. The van der Waals surface area contributed by atoms with E-state index in [4.69, 9.17) is 0 Å². The molecule has 0 saturated heterocycles. The molecule has 2 fully saturated rings. The minimum atomic E-state index is 0.314. The Morgan fingerprint density at radius 1 is 1.41 bits per heavy atom. The summed E-state index contributed by atoms with van der Waals surface area (Å²) in [6, 6.07) is 4.20. The summed E-state index contributed by atoms with van der Waals surface area (Å²) in [7, 11) is 0. The second-order valence-corrected chi connectivity index (χ2v) is 6.43. The predicted molar refractivity (Wildman–Crippen MR) is 70.0 cm³/mol. The SMILES string of the molecule is O=C(NCCc1cccs1)C1CC2CCC1C2. The molecule has 1 aromatic rings. The maximum atomic E-state index is 12.1. The molecule has 0 spiro atoms. The Hall–Kier alpha value is -0.830. The van der Waals surface area contributed by atoms with Crippen molar-refractivity contribution in [2.24, 2.45) is 17.8 Å². The van der Waals surface area contributed by atoms with E-state index in [1.807, 2.05) is 0 Å². The average Bonchev–Trinajstić information content (AvgIpc) is 3.05.